The maximum Gasteiger partial charge on any atom is 0.219 e. The predicted octanol–water partition coefficient (Wildman–Crippen LogP) is 2.65. The van der Waals surface area contributed by atoms with Crippen LogP contribution < -0.4 is 0 Å². The zero-order valence-electron chi connectivity index (χ0n) is 13.9. The molecule has 3 rings (SSSR count). The van der Waals surface area contributed by atoms with E-state index in [1.807, 2.05) is 34.4 Å². The Morgan fingerprint density at radius 3 is 2.70 bits per heavy atom. The number of carbonyl (C=O) groups excluding carboxylic acids is 1. The molecule has 0 aromatic carbocycles. The first-order valence-electron chi connectivity index (χ1n) is 8.16. The maximum absolute atomic E-state index is 11.6. The topological polar surface area (TPSA) is 63.9 Å². The van der Waals surface area contributed by atoms with Crippen molar-refractivity contribution in [2.24, 2.45) is 0 Å². The standard InChI is InChI=1S/C17H23N5O/c1-12(2)22-11-15(7-20-22)17-9-18-16(8-19-17)14-5-4-6-21(10-14)13(3)23/h7-9,11-12,14H,4-6,10H2,1-3H3/t14-/m0/s1. The normalized spacial score (nSPS) is 18.4. The molecule has 23 heavy (non-hydrogen) atoms. The van der Waals surface area contributed by atoms with Gasteiger partial charge < -0.3 is 4.90 Å². The number of piperidine rings is 1. The van der Waals surface area contributed by atoms with E-state index in [1.54, 1.807) is 6.92 Å². The van der Waals surface area contributed by atoms with Crippen molar-refractivity contribution in [2.45, 2.75) is 45.6 Å². The van der Waals surface area contributed by atoms with Crippen LogP contribution in [0.5, 0.6) is 0 Å². The number of nitrogens with zero attached hydrogens (tertiary/aromatic N) is 5. The van der Waals surface area contributed by atoms with E-state index in [2.05, 4.69) is 28.9 Å². The van der Waals surface area contributed by atoms with Gasteiger partial charge in [0.05, 0.1) is 23.8 Å². The van der Waals surface area contributed by atoms with Gasteiger partial charge in [0, 0.05) is 49.9 Å². The molecule has 1 atom stereocenters. The Labute approximate surface area is 136 Å². The lowest BCUT2D eigenvalue weighted by atomic mass is 9.95. The third-order valence-corrected chi connectivity index (χ3v) is 4.38. The van der Waals surface area contributed by atoms with Gasteiger partial charge in [0.2, 0.25) is 5.91 Å². The first-order valence-corrected chi connectivity index (χ1v) is 8.16. The van der Waals surface area contributed by atoms with E-state index < -0.39 is 0 Å². The summed E-state index contributed by atoms with van der Waals surface area (Å²) in [5.41, 5.74) is 2.78. The molecule has 1 saturated heterocycles. The number of aromatic nitrogens is 4. The smallest absolute Gasteiger partial charge is 0.219 e. The highest BCUT2D eigenvalue weighted by Crippen LogP contribution is 2.26. The predicted molar refractivity (Wildman–Crippen MR) is 87.9 cm³/mol. The second kappa shape index (κ2) is 6.48. The molecule has 3 heterocycles. The minimum absolute atomic E-state index is 0.139. The monoisotopic (exact) mass is 313 g/mol. The van der Waals surface area contributed by atoms with Crippen molar-refractivity contribution in [1.29, 1.82) is 0 Å². The van der Waals surface area contributed by atoms with Crippen LogP contribution in [-0.2, 0) is 4.79 Å². The number of hydrogen-bond acceptors (Lipinski definition) is 4. The minimum atomic E-state index is 0.139. The summed E-state index contributed by atoms with van der Waals surface area (Å²) >= 11 is 0. The summed E-state index contributed by atoms with van der Waals surface area (Å²) in [5, 5.41) is 4.34. The summed E-state index contributed by atoms with van der Waals surface area (Å²) in [6, 6.07) is 0.329. The van der Waals surface area contributed by atoms with Crippen LogP contribution in [0.2, 0.25) is 0 Å². The molecule has 0 radical (unpaired) electrons. The van der Waals surface area contributed by atoms with Crippen LogP contribution in [0.4, 0.5) is 0 Å². The third-order valence-electron chi connectivity index (χ3n) is 4.38. The Morgan fingerprint density at radius 1 is 1.26 bits per heavy atom. The minimum Gasteiger partial charge on any atom is -0.342 e. The fourth-order valence-corrected chi connectivity index (χ4v) is 2.96. The Morgan fingerprint density at radius 2 is 2.09 bits per heavy atom. The van der Waals surface area contributed by atoms with E-state index in [-0.39, 0.29) is 11.8 Å². The molecule has 6 heteroatoms. The largest absolute Gasteiger partial charge is 0.342 e. The van der Waals surface area contributed by atoms with Crippen molar-refractivity contribution >= 4 is 5.91 Å². The Hall–Kier alpha value is -2.24. The molecule has 0 unspecified atom stereocenters. The highest BCUT2D eigenvalue weighted by atomic mass is 16.2. The van der Waals surface area contributed by atoms with Crippen molar-refractivity contribution in [3.05, 3.63) is 30.5 Å². The number of hydrogen-bond donors (Lipinski definition) is 0. The zero-order valence-corrected chi connectivity index (χ0v) is 13.9. The van der Waals surface area contributed by atoms with Crippen molar-refractivity contribution in [3.63, 3.8) is 0 Å². The van der Waals surface area contributed by atoms with Crippen LogP contribution in [0.25, 0.3) is 11.3 Å². The number of amides is 1. The molecule has 0 aliphatic carbocycles. The van der Waals surface area contributed by atoms with Gasteiger partial charge in [-0.2, -0.15) is 5.10 Å². The van der Waals surface area contributed by atoms with Gasteiger partial charge in [0.15, 0.2) is 0 Å². The van der Waals surface area contributed by atoms with E-state index in [9.17, 15) is 4.79 Å². The summed E-state index contributed by atoms with van der Waals surface area (Å²) in [7, 11) is 0. The van der Waals surface area contributed by atoms with E-state index in [1.165, 1.54) is 0 Å². The van der Waals surface area contributed by atoms with Crippen LogP contribution in [0.3, 0.4) is 0 Å². The first kappa shape index (κ1) is 15.6. The van der Waals surface area contributed by atoms with Gasteiger partial charge in [-0.3, -0.25) is 19.4 Å². The van der Waals surface area contributed by atoms with Crippen LogP contribution in [0.1, 0.15) is 51.3 Å². The Kier molecular flexibility index (Phi) is 4.41. The van der Waals surface area contributed by atoms with Gasteiger partial charge in [0.1, 0.15) is 0 Å². The average Bonchev–Trinajstić information content (AvgIpc) is 3.05. The molecule has 0 N–H and O–H groups in total. The second-order valence-electron chi connectivity index (χ2n) is 6.43. The molecule has 122 valence electrons. The summed E-state index contributed by atoms with van der Waals surface area (Å²) in [5.74, 6) is 0.424. The fourth-order valence-electron chi connectivity index (χ4n) is 2.96. The van der Waals surface area contributed by atoms with Crippen LogP contribution in [-0.4, -0.2) is 43.6 Å². The summed E-state index contributed by atoms with van der Waals surface area (Å²) in [6.07, 6.45) is 9.55. The van der Waals surface area contributed by atoms with Gasteiger partial charge in [-0.1, -0.05) is 0 Å². The molecule has 1 aliphatic rings. The maximum atomic E-state index is 11.6. The molecule has 6 nitrogen and oxygen atoms in total. The van der Waals surface area contributed by atoms with Crippen molar-refractivity contribution in [1.82, 2.24) is 24.6 Å². The lowest BCUT2D eigenvalue weighted by Gasteiger charge is -2.31. The van der Waals surface area contributed by atoms with E-state index in [4.69, 9.17) is 0 Å². The van der Waals surface area contributed by atoms with Gasteiger partial charge in [-0.05, 0) is 26.7 Å². The Balaban J connectivity index is 1.75. The van der Waals surface area contributed by atoms with Crippen molar-refractivity contribution in [3.8, 4) is 11.3 Å². The van der Waals surface area contributed by atoms with Crippen molar-refractivity contribution < 1.29 is 4.79 Å². The summed E-state index contributed by atoms with van der Waals surface area (Å²) in [6.45, 7) is 7.41. The third kappa shape index (κ3) is 3.41. The van der Waals surface area contributed by atoms with Crippen LogP contribution in [0.15, 0.2) is 24.8 Å². The number of rotatable bonds is 3. The molecule has 0 spiro atoms. The van der Waals surface area contributed by atoms with E-state index >= 15 is 0 Å². The lowest BCUT2D eigenvalue weighted by Crippen LogP contribution is -2.37. The second-order valence-corrected chi connectivity index (χ2v) is 6.43. The van der Waals surface area contributed by atoms with Crippen molar-refractivity contribution in [2.75, 3.05) is 13.1 Å². The molecule has 0 saturated carbocycles. The van der Waals surface area contributed by atoms with E-state index in [0.717, 1.165) is 42.9 Å². The highest BCUT2D eigenvalue weighted by molar-refractivity contribution is 5.73. The zero-order chi connectivity index (χ0) is 16.4. The van der Waals surface area contributed by atoms with Crippen LogP contribution in [0, 0.1) is 0 Å². The van der Waals surface area contributed by atoms with Gasteiger partial charge in [-0.15, -0.1) is 0 Å². The SMILES string of the molecule is CC(=O)N1CCC[C@H](c2cnc(-c3cnn(C(C)C)c3)cn2)C1. The molecular weight excluding hydrogens is 290 g/mol. The molecule has 1 aliphatic heterocycles. The highest BCUT2D eigenvalue weighted by Gasteiger charge is 2.24. The quantitative estimate of drug-likeness (QED) is 0.874. The molecule has 2 aromatic heterocycles. The summed E-state index contributed by atoms with van der Waals surface area (Å²) in [4.78, 5) is 22.6. The van der Waals surface area contributed by atoms with Gasteiger partial charge in [0.25, 0.3) is 0 Å². The van der Waals surface area contributed by atoms with Gasteiger partial charge >= 0.3 is 0 Å². The van der Waals surface area contributed by atoms with E-state index in [0.29, 0.717) is 6.04 Å². The molecule has 1 amide bonds. The number of likely N-dealkylation sites (tertiary alicyclic amines) is 1. The van der Waals surface area contributed by atoms with Crippen LogP contribution >= 0.6 is 0 Å². The molecule has 1 fully saturated rings. The average molecular weight is 313 g/mol. The molecular formula is C17H23N5O. The van der Waals surface area contributed by atoms with Gasteiger partial charge in [-0.25, -0.2) is 0 Å². The molecule has 2 aromatic rings. The Bertz CT molecular complexity index is 677. The fraction of sp³-hybridized carbons (Fsp3) is 0.529. The molecule has 0 bridgehead atoms. The lowest BCUT2D eigenvalue weighted by molar-refractivity contribution is -0.130. The number of carbonyl (C=O) groups is 1. The first-order chi connectivity index (χ1) is 11.0. The summed E-state index contributed by atoms with van der Waals surface area (Å²) < 4.78 is 1.91.